The van der Waals surface area contributed by atoms with Crippen LogP contribution in [0.3, 0.4) is 0 Å². The van der Waals surface area contributed by atoms with Crippen LogP contribution in [0.2, 0.25) is 0 Å². The first kappa shape index (κ1) is 22.0. The van der Waals surface area contributed by atoms with Gasteiger partial charge < -0.3 is 9.47 Å². The lowest BCUT2D eigenvalue weighted by Crippen LogP contribution is -2.33. The molecule has 1 aromatic heterocycles. The molecule has 2 heterocycles. The molecule has 2 aromatic rings. The molecule has 1 aliphatic rings. The Morgan fingerprint density at radius 2 is 1.97 bits per heavy atom. The molecular formula is C22H34N4O2S. The summed E-state index contributed by atoms with van der Waals surface area (Å²) >= 11 is 0. The number of hydrogen-bond acceptors (Lipinski definition) is 4. The van der Waals surface area contributed by atoms with Gasteiger partial charge in [-0.05, 0) is 55.9 Å². The van der Waals surface area contributed by atoms with Gasteiger partial charge in [0.2, 0.25) is 0 Å². The number of nitrogens with zero attached hydrogens (tertiary/aromatic N) is 3. The molecule has 1 fully saturated rings. The largest absolute Gasteiger partial charge is 0.339 e. The second-order valence-electron chi connectivity index (χ2n) is 8.12. The smallest absolute Gasteiger partial charge is 0.259 e. The second kappa shape index (κ2) is 10.4. The molecule has 1 aromatic carbocycles. The predicted molar refractivity (Wildman–Crippen MR) is 116 cm³/mol. The van der Waals surface area contributed by atoms with Gasteiger partial charge >= 0.3 is 0 Å². The Bertz CT molecular complexity index is 870. The number of aromatic nitrogens is 2. The number of hydrogen-bond donors (Lipinski definition) is 1. The van der Waals surface area contributed by atoms with Crippen molar-refractivity contribution in [1.29, 1.82) is 0 Å². The van der Waals surface area contributed by atoms with Gasteiger partial charge in [0.1, 0.15) is 0 Å². The number of imidazole rings is 1. The van der Waals surface area contributed by atoms with Crippen molar-refractivity contribution in [3.8, 4) is 0 Å². The van der Waals surface area contributed by atoms with E-state index >= 15 is 0 Å². The first-order valence-corrected chi connectivity index (χ1v) is 12.2. The average Bonchev–Trinajstić information content (AvgIpc) is 3.18. The molecule has 7 heteroatoms. The summed E-state index contributed by atoms with van der Waals surface area (Å²) in [6, 6.07) is 8.35. The molecule has 29 heavy (non-hydrogen) atoms. The van der Waals surface area contributed by atoms with Crippen LogP contribution in [-0.2, 0) is 23.6 Å². The number of piperidine rings is 1. The zero-order chi connectivity index (χ0) is 20.7. The molecular weight excluding hydrogens is 384 g/mol. The quantitative estimate of drug-likeness (QED) is 0.598. The van der Waals surface area contributed by atoms with Crippen LogP contribution in [-0.4, -0.2) is 42.5 Å². The zero-order valence-electron chi connectivity index (χ0n) is 17.7. The van der Waals surface area contributed by atoms with Gasteiger partial charge in [0.25, 0.3) is 10.0 Å². The highest BCUT2D eigenvalue weighted by atomic mass is 32.2. The minimum atomic E-state index is -3.58. The number of sulfonamides is 1. The van der Waals surface area contributed by atoms with Crippen molar-refractivity contribution in [3.05, 3.63) is 47.9 Å². The molecule has 0 saturated carbocycles. The third-order valence-corrected chi connectivity index (χ3v) is 7.05. The molecule has 6 nitrogen and oxygen atoms in total. The van der Waals surface area contributed by atoms with Crippen LogP contribution in [0.1, 0.15) is 62.5 Å². The van der Waals surface area contributed by atoms with E-state index in [9.17, 15) is 8.42 Å². The molecule has 3 rings (SSSR count). The maximum Gasteiger partial charge on any atom is 0.259 e. The van der Waals surface area contributed by atoms with E-state index in [1.807, 2.05) is 12.1 Å². The molecule has 1 N–H and O–H groups in total. The van der Waals surface area contributed by atoms with Crippen LogP contribution in [0.25, 0.3) is 0 Å². The molecule has 0 amide bonds. The van der Waals surface area contributed by atoms with Gasteiger partial charge in [-0.3, -0.25) is 0 Å². The lowest BCUT2D eigenvalue weighted by Gasteiger charge is -2.32. The van der Waals surface area contributed by atoms with Crippen LogP contribution >= 0.6 is 0 Å². The van der Waals surface area contributed by atoms with Gasteiger partial charge in [-0.25, -0.2) is 18.1 Å². The highest BCUT2D eigenvalue weighted by Crippen LogP contribution is 2.28. The van der Waals surface area contributed by atoms with Gasteiger partial charge in [-0.2, -0.15) is 0 Å². The summed E-state index contributed by atoms with van der Waals surface area (Å²) in [6.07, 6.45) is 10.6. The van der Waals surface area contributed by atoms with Crippen LogP contribution in [0, 0.1) is 0 Å². The van der Waals surface area contributed by atoms with E-state index in [1.165, 1.54) is 63.2 Å². The highest BCUT2D eigenvalue weighted by Gasteiger charge is 2.21. The van der Waals surface area contributed by atoms with E-state index in [2.05, 4.69) is 33.7 Å². The topological polar surface area (TPSA) is 67.2 Å². The number of nitrogens with one attached hydrogen (secondary N) is 1. The monoisotopic (exact) mass is 418 g/mol. The standard InChI is InChI=1S/C22H34N4O2S/c1-3-4-5-6-12-26-13-10-20(11-14-26)21-9-7-8-19(15-21)16-24-29(27,28)22-17-25(2)18-23-22/h7-9,15,17-18,20,24H,3-6,10-14,16H2,1-2H3. The fourth-order valence-electron chi connectivity index (χ4n) is 3.99. The first-order chi connectivity index (χ1) is 14.0. The van der Waals surface area contributed by atoms with Gasteiger partial charge in [0.15, 0.2) is 5.03 Å². The molecule has 1 saturated heterocycles. The van der Waals surface area contributed by atoms with Crippen molar-refractivity contribution >= 4 is 10.0 Å². The van der Waals surface area contributed by atoms with Gasteiger partial charge in [0.05, 0.1) is 6.33 Å². The maximum atomic E-state index is 12.4. The molecule has 0 radical (unpaired) electrons. The Hall–Kier alpha value is -1.70. The number of benzene rings is 1. The fraction of sp³-hybridized carbons (Fsp3) is 0.591. The van der Waals surface area contributed by atoms with Crippen molar-refractivity contribution in [1.82, 2.24) is 19.2 Å². The van der Waals surface area contributed by atoms with Crippen LogP contribution in [0.4, 0.5) is 0 Å². The lowest BCUT2D eigenvalue weighted by molar-refractivity contribution is 0.208. The minimum Gasteiger partial charge on any atom is -0.339 e. The number of unbranched alkanes of at least 4 members (excludes halogenated alkanes) is 3. The third kappa shape index (κ3) is 6.39. The van der Waals surface area contributed by atoms with E-state index in [1.54, 1.807) is 11.6 Å². The van der Waals surface area contributed by atoms with Gasteiger partial charge in [-0.1, -0.05) is 50.5 Å². The second-order valence-corrected chi connectivity index (χ2v) is 9.84. The van der Waals surface area contributed by atoms with E-state index in [-0.39, 0.29) is 11.6 Å². The number of aryl methyl sites for hydroxylation is 1. The van der Waals surface area contributed by atoms with Crippen molar-refractivity contribution in [2.75, 3.05) is 19.6 Å². The molecule has 0 spiro atoms. The molecule has 160 valence electrons. The summed E-state index contributed by atoms with van der Waals surface area (Å²) in [4.78, 5) is 6.53. The Morgan fingerprint density at radius 1 is 1.17 bits per heavy atom. The van der Waals surface area contributed by atoms with E-state index < -0.39 is 10.0 Å². The molecule has 1 aliphatic heterocycles. The number of rotatable bonds is 10. The molecule has 0 atom stereocenters. The van der Waals surface area contributed by atoms with E-state index in [0.29, 0.717) is 5.92 Å². The molecule has 0 bridgehead atoms. The van der Waals surface area contributed by atoms with Crippen LogP contribution in [0.5, 0.6) is 0 Å². The highest BCUT2D eigenvalue weighted by molar-refractivity contribution is 7.89. The summed E-state index contributed by atoms with van der Waals surface area (Å²) < 4.78 is 29.0. The van der Waals surface area contributed by atoms with Crippen LogP contribution in [0.15, 0.2) is 41.8 Å². The Morgan fingerprint density at radius 3 is 2.66 bits per heavy atom. The molecule has 0 aliphatic carbocycles. The fourth-order valence-corrected chi connectivity index (χ4v) is 4.98. The molecule has 0 unspecified atom stereocenters. The van der Waals surface area contributed by atoms with Crippen molar-refractivity contribution in [2.45, 2.75) is 62.9 Å². The summed E-state index contributed by atoms with van der Waals surface area (Å²) in [7, 11) is -1.83. The normalized spacial score (nSPS) is 16.3. The van der Waals surface area contributed by atoms with E-state index in [0.717, 1.165) is 18.7 Å². The van der Waals surface area contributed by atoms with Crippen LogP contribution < -0.4 is 4.72 Å². The van der Waals surface area contributed by atoms with Crippen molar-refractivity contribution in [3.63, 3.8) is 0 Å². The predicted octanol–water partition coefficient (Wildman–Crippen LogP) is 3.66. The van der Waals surface area contributed by atoms with E-state index in [4.69, 9.17) is 0 Å². The van der Waals surface area contributed by atoms with Crippen molar-refractivity contribution in [2.24, 2.45) is 7.05 Å². The SMILES string of the molecule is CCCCCCN1CCC(c2cccc(CNS(=O)(=O)c3cn(C)cn3)c2)CC1. The van der Waals surface area contributed by atoms with Crippen molar-refractivity contribution < 1.29 is 8.42 Å². The van der Waals surface area contributed by atoms with Gasteiger partial charge in [0, 0.05) is 19.8 Å². The summed E-state index contributed by atoms with van der Waals surface area (Å²) in [6.45, 7) is 6.08. The Kier molecular flexibility index (Phi) is 7.86. The Balaban J connectivity index is 1.51. The Labute approximate surface area is 175 Å². The summed E-state index contributed by atoms with van der Waals surface area (Å²) in [5, 5.41) is 0.0578. The summed E-state index contributed by atoms with van der Waals surface area (Å²) in [5.41, 5.74) is 2.31. The average molecular weight is 419 g/mol. The zero-order valence-corrected chi connectivity index (χ0v) is 18.5. The third-order valence-electron chi connectivity index (χ3n) is 5.76. The minimum absolute atomic E-state index is 0.0578. The first-order valence-electron chi connectivity index (χ1n) is 10.8. The number of likely N-dealkylation sites (tertiary alicyclic amines) is 1. The lowest BCUT2D eigenvalue weighted by atomic mass is 9.88. The summed E-state index contributed by atoms with van der Waals surface area (Å²) in [5.74, 6) is 0.564. The van der Waals surface area contributed by atoms with Gasteiger partial charge in [-0.15, -0.1) is 0 Å². The maximum absolute atomic E-state index is 12.4.